The lowest BCUT2D eigenvalue weighted by molar-refractivity contribution is -0.134. The number of aliphatic imine (C=N–C) groups is 1. The zero-order valence-electron chi connectivity index (χ0n) is 29.7. The summed E-state index contributed by atoms with van der Waals surface area (Å²) in [6.07, 6.45) is 8.99. The van der Waals surface area contributed by atoms with Gasteiger partial charge < -0.3 is 35.8 Å². The van der Waals surface area contributed by atoms with Crippen LogP contribution in [0.25, 0.3) is 0 Å². The van der Waals surface area contributed by atoms with Crippen molar-refractivity contribution in [3.63, 3.8) is 0 Å². The van der Waals surface area contributed by atoms with E-state index in [2.05, 4.69) is 42.5 Å². The van der Waals surface area contributed by atoms with E-state index in [9.17, 15) is 18.4 Å². The Morgan fingerprint density at radius 3 is 2.47 bits per heavy atom. The molecule has 6 rings (SSSR count). The minimum Gasteiger partial charge on any atom is -0.450 e. The van der Waals surface area contributed by atoms with Crippen LogP contribution in [0.5, 0.6) is 5.75 Å². The molecule has 3 saturated heterocycles. The fourth-order valence-corrected chi connectivity index (χ4v) is 7.83. The number of amides is 2. The predicted molar refractivity (Wildman–Crippen MR) is 194 cm³/mol. The van der Waals surface area contributed by atoms with Gasteiger partial charge in [0.2, 0.25) is 12.3 Å². The van der Waals surface area contributed by atoms with Crippen molar-refractivity contribution in [2.24, 2.45) is 10.7 Å². The quantitative estimate of drug-likeness (QED) is 0.283. The summed E-state index contributed by atoms with van der Waals surface area (Å²) in [5.41, 5.74) is 8.25. The highest BCUT2D eigenvalue weighted by atomic mass is 19.2. The zero-order chi connectivity index (χ0) is 35.7. The molecule has 2 amide bonds. The van der Waals surface area contributed by atoms with Crippen LogP contribution in [0.15, 0.2) is 53.3 Å². The van der Waals surface area contributed by atoms with Crippen molar-refractivity contribution in [1.82, 2.24) is 24.9 Å². The highest BCUT2D eigenvalue weighted by molar-refractivity contribution is 6.11. The number of carbonyl (C=O) groups is 2. The maximum absolute atomic E-state index is 14.0. The maximum Gasteiger partial charge on any atom is 0.236 e. The molecule has 0 aliphatic carbocycles. The normalized spacial score (nSPS) is 21.1. The molecule has 4 heterocycles. The Kier molecular flexibility index (Phi) is 12.7. The first-order valence-corrected chi connectivity index (χ1v) is 18.4. The lowest BCUT2D eigenvalue weighted by Crippen LogP contribution is -2.49. The first-order chi connectivity index (χ1) is 24.8. The highest BCUT2D eigenvalue weighted by Gasteiger charge is 2.30. The van der Waals surface area contributed by atoms with E-state index in [4.69, 9.17) is 10.5 Å². The number of anilines is 1. The molecule has 11 nitrogen and oxygen atoms in total. The summed E-state index contributed by atoms with van der Waals surface area (Å²) in [5, 5.41) is 6.70. The molecular formula is C38H52F2N8O3. The molecule has 0 bridgehead atoms. The topological polar surface area (TPSA) is 119 Å². The zero-order valence-corrected chi connectivity index (χ0v) is 29.7. The molecule has 0 aromatic heterocycles. The molecule has 4 aliphatic heterocycles. The molecule has 0 unspecified atom stereocenters. The van der Waals surface area contributed by atoms with Crippen molar-refractivity contribution in [3.8, 4) is 5.75 Å². The number of halogens is 2. The minimum atomic E-state index is -0.868. The first kappa shape index (κ1) is 36.9. The van der Waals surface area contributed by atoms with Crippen molar-refractivity contribution >= 4 is 23.8 Å². The summed E-state index contributed by atoms with van der Waals surface area (Å²) in [7, 11) is 2.04. The van der Waals surface area contributed by atoms with Gasteiger partial charge in [-0.25, -0.2) is 8.78 Å². The fraction of sp³-hybridized carbons (Fsp3) is 0.553. The van der Waals surface area contributed by atoms with Crippen molar-refractivity contribution in [3.05, 3.63) is 71.1 Å². The van der Waals surface area contributed by atoms with E-state index in [1.807, 2.05) is 24.2 Å². The number of ether oxygens (including phenoxy) is 1. The fourth-order valence-electron chi connectivity index (χ4n) is 7.83. The van der Waals surface area contributed by atoms with Gasteiger partial charge in [-0.1, -0.05) is 12.1 Å². The number of amidine groups is 1. The lowest BCUT2D eigenvalue weighted by Gasteiger charge is -2.37. The molecule has 4 N–H and O–H groups in total. The Bertz CT molecular complexity index is 1570. The molecule has 13 heteroatoms. The highest BCUT2D eigenvalue weighted by Crippen LogP contribution is 2.37. The van der Waals surface area contributed by atoms with Crippen LogP contribution in [0.4, 0.5) is 14.5 Å². The largest absolute Gasteiger partial charge is 0.450 e. The van der Waals surface area contributed by atoms with Gasteiger partial charge in [0.25, 0.3) is 0 Å². The Labute approximate surface area is 299 Å². The summed E-state index contributed by atoms with van der Waals surface area (Å²) in [5.74, 6) is 0.142. The van der Waals surface area contributed by atoms with Gasteiger partial charge in [0.15, 0.2) is 29.0 Å². The molecule has 0 saturated carbocycles. The van der Waals surface area contributed by atoms with Crippen LogP contribution >= 0.6 is 0 Å². The van der Waals surface area contributed by atoms with Gasteiger partial charge >= 0.3 is 0 Å². The number of nitrogens with zero attached hydrogens (tertiary/aromatic N) is 5. The van der Waals surface area contributed by atoms with Crippen LogP contribution in [-0.2, 0) is 16.1 Å². The molecule has 0 spiro atoms. The molecule has 276 valence electrons. The van der Waals surface area contributed by atoms with E-state index >= 15 is 0 Å². The molecule has 51 heavy (non-hydrogen) atoms. The number of piperidine rings is 3. The number of nitrogens with one attached hydrogen (secondary N) is 2. The number of hydrogen-bond donors (Lipinski definition) is 3. The van der Waals surface area contributed by atoms with Crippen LogP contribution in [0.2, 0.25) is 0 Å². The monoisotopic (exact) mass is 706 g/mol. The molecular weight excluding hydrogens is 654 g/mol. The van der Waals surface area contributed by atoms with E-state index < -0.39 is 11.6 Å². The third kappa shape index (κ3) is 9.50. The number of benzene rings is 2. The van der Waals surface area contributed by atoms with Crippen molar-refractivity contribution in [1.29, 1.82) is 0 Å². The molecule has 0 atom stereocenters. The Balaban J connectivity index is 1.05. The number of rotatable bonds is 12. The van der Waals surface area contributed by atoms with Gasteiger partial charge in [-0.3, -0.25) is 14.5 Å². The van der Waals surface area contributed by atoms with E-state index in [1.54, 1.807) is 6.07 Å². The SMILES string of the molecule is CN(/C=C1/Oc2ccc(C3CCN(C(=O)CN(Cc4ccc(F)c(F)c4)C4CCNCC4)CC3)cc2N/C1=N/C=O)C1CCN(CCCN)CC1. The molecule has 3 fully saturated rings. The minimum absolute atomic E-state index is 0.0613. The van der Waals surface area contributed by atoms with E-state index in [1.165, 1.54) is 6.07 Å². The Hall–Kier alpha value is -3.91. The third-order valence-corrected chi connectivity index (χ3v) is 10.9. The van der Waals surface area contributed by atoms with E-state index in [-0.39, 0.29) is 24.4 Å². The average molecular weight is 707 g/mol. The standard InChI is InChI=1S/C38H52F2N8O3/c1-45(30-11-17-46(18-12-30)16-2-13-41)24-36-38(43-26-49)44-34-22-29(4-6-35(34)51-36)28-9-19-47(20-10-28)37(50)25-48(31-7-14-42-15-8-31)23-27-3-5-32(39)33(40)21-27/h3-6,21-22,24,26,28,30-31,42H,2,7-20,23,25,41H2,1H3,(H,43,44,49)/b36-24+. The van der Waals surface area contributed by atoms with Gasteiger partial charge in [-0.05, 0) is 112 Å². The number of hydrogen-bond acceptors (Lipinski definition) is 8. The van der Waals surface area contributed by atoms with Crippen LogP contribution < -0.4 is 21.1 Å². The summed E-state index contributed by atoms with van der Waals surface area (Å²) >= 11 is 0. The Morgan fingerprint density at radius 1 is 1.00 bits per heavy atom. The second kappa shape index (κ2) is 17.5. The van der Waals surface area contributed by atoms with Gasteiger partial charge in [-0.2, -0.15) is 4.99 Å². The van der Waals surface area contributed by atoms with Gasteiger partial charge in [-0.15, -0.1) is 0 Å². The summed E-state index contributed by atoms with van der Waals surface area (Å²) in [6.45, 7) is 7.45. The Morgan fingerprint density at radius 2 is 1.76 bits per heavy atom. The molecule has 0 radical (unpaired) electrons. The average Bonchev–Trinajstić information content (AvgIpc) is 3.16. The number of fused-ring (bicyclic) bond motifs is 1. The molecule has 2 aromatic rings. The smallest absolute Gasteiger partial charge is 0.236 e. The summed E-state index contributed by atoms with van der Waals surface area (Å²) in [4.78, 5) is 37.9. The number of likely N-dealkylation sites (tertiary alicyclic amines) is 2. The molecule has 2 aromatic carbocycles. The lowest BCUT2D eigenvalue weighted by atomic mass is 9.89. The second-order valence-corrected chi connectivity index (χ2v) is 14.2. The van der Waals surface area contributed by atoms with Crippen molar-refractivity contribution in [2.75, 3.05) is 71.3 Å². The first-order valence-electron chi connectivity index (χ1n) is 18.4. The third-order valence-electron chi connectivity index (χ3n) is 10.9. The second-order valence-electron chi connectivity index (χ2n) is 14.2. The van der Waals surface area contributed by atoms with Crippen molar-refractivity contribution < 1.29 is 23.1 Å². The van der Waals surface area contributed by atoms with Crippen LogP contribution in [0.1, 0.15) is 62.0 Å². The van der Waals surface area contributed by atoms with Crippen molar-refractivity contribution in [2.45, 2.75) is 69.5 Å². The number of carbonyl (C=O) groups excluding carboxylic acids is 2. The van der Waals surface area contributed by atoms with Crippen LogP contribution in [0.3, 0.4) is 0 Å². The summed E-state index contributed by atoms with van der Waals surface area (Å²) in [6, 6.07) is 10.7. The van der Waals surface area contributed by atoms with E-state index in [0.717, 1.165) is 95.0 Å². The van der Waals surface area contributed by atoms with Gasteiger partial charge in [0.1, 0.15) is 0 Å². The van der Waals surface area contributed by atoms with E-state index in [0.29, 0.717) is 61.5 Å². The van der Waals surface area contributed by atoms with Gasteiger partial charge in [0.05, 0.1) is 12.2 Å². The predicted octanol–water partition coefficient (Wildman–Crippen LogP) is 3.87. The molecule has 4 aliphatic rings. The van der Waals surface area contributed by atoms with Crippen LogP contribution in [0, 0.1) is 11.6 Å². The van der Waals surface area contributed by atoms with Gasteiger partial charge in [0, 0.05) is 58.1 Å². The number of nitrogens with two attached hydrogens (primary N) is 1. The summed E-state index contributed by atoms with van der Waals surface area (Å²) < 4.78 is 33.9. The van der Waals surface area contributed by atoms with Crippen LogP contribution in [-0.4, -0.2) is 116 Å². The maximum atomic E-state index is 14.0.